The van der Waals surface area contributed by atoms with Crippen LogP contribution in [0.25, 0.3) is 5.69 Å². The van der Waals surface area contributed by atoms with Gasteiger partial charge >= 0.3 is 0 Å². The summed E-state index contributed by atoms with van der Waals surface area (Å²) >= 11 is 6.87. The molecular formula is C12H14N2OS2. The van der Waals surface area contributed by atoms with Gasteiger partial charge < -0.3 is 10.1 Å². The van der Waals surface area contributed by atoms with Gasteiger partial charge in [-0.3, -0.25) is 4.57 Å². The topological polar surface area (TPSA) is 41.0 Å². The highest BCUT2D eigenvalue weighted by Gasteiger charge is 2.11. The van der Waals surface area contributed by atoms with Crippen LogP contribution in [0.3, 0.4) is 0 Å². The van der Waals surface area contributed by atoms with Crippen molar-refractivity contribution in [3.05, 3.63) is 40.3 Å². The molecule has 0 saturated heterocycles. The predicted molar refractivity (Wildman–Crippen MR) is 74.6 cm³/mol. The quantitative estimate of drug-likeness (QED) is 0.836. The Kier molecular flexibility index (Phi) is 3.59. The zero-order chi connectivity index (χ0) is 12.4. The number of aromatic amines is 1. The summed E-state index contributed by atoms with van der Waals surface area (Å²) in [5.41, 5.74) is 2.82. The molecule has 5 heteroatoms. The molecule has 0 saturated carbocycles. The summed E-state index contributed by atoms with van der Waals surface area (Å²) in [5.74, 6) is 0.919. The van der Waals surface area contributed by atoms with Gasteiger partial charge in [-0.2, -0.15) is 11.8 Å². The predicted octanol–water partition coefficient (Wildman–Crippen LogP) is 3.41. The number of aromatic hydroxyl groups is 1. The standard InChI is InChI=1S/C12H14N2OS2/c1-8-3-5-9(6-4-8)14-11(15)10(7-17-2)13-12(14)16/h3-6,15H,7H2,1-2H3,(H,13,16). The molecule has 1 heterocycles. The number of hydrogen-bond donors (Lipinski definition) is 2. The minimum Gasteiger partial charge on any atom is -0.493 e. The van der Waals surface area contributed by atoms with Gasteiger partial charge in [0.1, 0.15) is 0 Å². The van der Waals surface area contributed by atoms with Crippen molar-refractivity contribution in [3.63, 3.8) is 0 Å². The third-order valence-electron chi connectivity index (χ3n) is 2.52. The van der Waals surface area contributed by atoms with Crippen molar-refractivity contribution < 1.29 is 5.11 Å². The fourth-order valence-electron chi connectivity index (χ4n) is 1.65. The molecule has 3 nitrogen and oxygen atoms in total. The lowest BCUT2D eigenvalue weighted by Gasteiger charge is -2.05. The minimum absolute atomic E-state index is 0.202. The van der Waals surface area contributed by atoms with Crippen molar-refractivity contribution >= 4 is 24.0 Å². The molecule has 1 aromatic heterocycles. The number of aryl methyl sites for hydroxylation is 1. The minimum atomic E-state index is 0.202. The van der Waals surface area contributed by atoms with Gasteiger partial charge in [0.05, 0.1) is 11.4 Å². The van der Waals surface area contributed by atoms with E-state index in [1.165, 1.54) is 5.56 Å². The van der Waals surface area contributed by atoms with Crippen LogP contribution >= 0.6 is 24.0 Å². The number of imidazole rings is 1. The molecule has 0 aliphatic heterocycles. The molecule has 0 radical (unpaired) electrons. The molecular weight excluding hydrogens is 252 g/mol. The molecule has 2 N–H and O–H groups in total. The van der Waals surface area contributed by atoms with Crippen molar-refractivity contribution in [2.24, 2.45) is 0 Å². The molecule has 0 fully saturated rings. The van der Waals surface area contributed by atoms with Gasteiger partial charge in [-0.1, -0.05) is 17.7 Å². The molecule has 0 aliphatic rings. The van der Waals surface area contributed by atoms with Crippen molar-refractivity contribution in [3.8, 4) is 11.6 Å². The highest BCUT2D eigenvalue weighted by molar-refractivity contribution is 7.97. The zero-order valence-electron chi connectivity index (χ0n) is 9.73. The van der Waals surface area contributed by atoms with Gasteiger partial charge in [0.2, 0.25) is 5.88 Å². The van der Waals surface area contributed by atoms with Gasteiger partial charge in [-0.15, -0.1) is 0 Å². The normalized spacial score (nSPS) is 10.7. The van der Waals surface area contributed by atoms with Crippen LogP contribution in [0.5, 0.6) is 5.88 Å². The number of aromatic nitrogens is 2. The number of rotatable bonds is 3. The summed E-state index contributed by atoms with van der Waals surface area (Å²) < 4.78 is 2.18. The summed E-state index contributed by atoms with van der Waals surface area (Å²) in [6.45, 7) is 2.03. The van der Waals surface area contributed by atoms with Crippen molar-refractivity contribution in [2.75, 3.05) is 6.26 Å². The van der Waals surface area contributed by atoms with Gasteiger partial charge in [0, 0.05) is 5.75 Å². The van der Waals surface area contributed by atoms with Crippen LogP contribution in [0.15, 0.2) is 24.3 Å². The highest BCUT2D eigenvalue weighted by Crippen LogP contribution is 2.25. The fraction of sp³-hybridized carbons (Fsp3) is 0.250. The first kappa shape index (κ1) is 12.3. The Bertz CT molecular complexity index is 569. The number of H-pyrrole nitrogens is 1. The first-order valence-corrected chi connectivity index (χ1v) is 7.02. The van der Waals surface area contributed by atoms with E-state index in [0.717, 1.165) is 11.4 Å². The summed E-state index contributed by atoms with van der Waals surface area (Å²) in [6, 6.07) is 7.89. The van der Waals surface area contributed by atoms with Gasteiger partial charge in [-0.25, -0.2) is 0 Å². The average molecular weight is 266 g/mol. The van der Waals surface area contributed by atoms with E-state index in [1.807, 2.05) is 37.4 Å². The number of thioether (sulfide) groups is 1. The molecule has 2 aromatic rings. The van der Waals surface area contributed by atoms with Crippen molar-refractivity contribution in [2.45, 2.75) is 12.7 Å². The first-order chi connectivity index (χ1) is 8.13. The SMILES string of the molecule is CSCc1[nH]c(=S)n(-c2ccc(C)cc2)c1O. The van der Waals surface area contributed by atoms with E-state index in [9.17, 15) is 5.11 Å². The average Bonchev–Trinajstić information content (AvgIpc) is 2.57. The highest BCUT2D eigenvalue weighted by atomic mass is 32.2. The van der Waals surface area contributed by atoms with E-state index >= 15 is 0 Å². The summed E-state index contributed by atoms with van der Waals surface area (Å²) in [5, 5.41) is 10.1. The second-order valence-corrected chi connectivity index (χ2v) is 5.09. The Labute approximate surface area is 109 Å². The van der Waals surface area contributed by atoms with Gasteiger partial charge in [0.25, 0.3) is 0 Å². The maximum absolute atomic E-state index is 10.1. The molecule has 0 bridgehead atoms. The lowest BCUT2D eigenvalue weighted by Crippen LogP contribution is -1.93. The Morgan fingerprint density at radius 1 is 1.35 bits per heavy atom. The third kappa shape index (κ3) is 2.40. The zero-order valence-corrected chi connectivity index (χ0v) is 11.4. The third-order valence-corrected chi connectivity index (χ3v) is 3.39. The molecule has 0 amide bonds. The molecule has 2 rings (SSSR count). The maximum atomic E-state index is 10.1. The van der Waals surface area contributed by atoms with Crippen molar-refractivity contribution in [1.29, 1.82) is 0 Å². The monoisotopic (exact) mass is 266 g/mol. The smallest absolute Gasteiger partial charge is 0.218 e. The molecule has 90 valence electrons. The van der Waals surface area contributed by atoms with E-state index in [1.54, 1.807) is 16.3 Å². The summed E-state index contributed by atoms with van der Waals surface area (Å²) in [7, 11) is 0. The van der Waals surface area contributed by atoms with Crippen LogP contribution in [-0.4, -0.2) is 20.9 Å². The number of nitrogens with zero attached hydrogens (tertiary/aromatic N) is 1. The van der Waals surface area contributed by atoms with Crippen LogP contribution < -0.4 is 0 Å². The van der Waals surface area contributed by atoms with E-state index in [2.05, 4.69) is 4.98 Å². The van der Waals surface area contributed by atoms with E-state index in [-0.39, 0.29) is 5.88 Å². The second-order valence-electron chi connectivity index (χ2n) is 3.84. The molecule has 0 aliphatic carbocycles. The van der Waals surface area contributed by atoms with Crippen LogP contribution in [0.4, 0.5) is 0 Å². The summed E-state index contributed by atoms with van der Waals surface area (Å²) in [4.78, 5) is 3.03. The number of benzene rings is 1. The number of hydrogen-bond acceptors (Lipinski definition) is 3. The van der Waals surface area contributed by atoms with E-state index in [0.29, 0.717) is 10.5 Å². The van der Waals surface area contributed by atoms with E-state index in [4.69, 9.17) is 12.2 Å². The van der Waals surface area contributed by atoms with Gasteiger partial charge in [-0.05, 0) is 37.5 Å². The number of nitrogens with one attached hydrogen (secondary N) is 1. The Hall–Kier alpha value is -1.20. The Balaban J connectivity index is 2.52. The van der Waals surface area contributed by atoms with Crippen LogP contribution in [0, 0.1) is 11.7 Å². The maximum Gasteiger partial charge on any atom is 0.218 e. The van der Waals surface area contributed by atoms with E-state index < -0.39 is 0 Å². The molecule has 1 aromatic carbocycles. The molecule has 17 heavy (non-hydrogen) atoms. The van der Waals surface area contributed by atoms with Crippen LogP contribution in [0.1, 0.15) is 11.3 Å². The summed E-state index contributed by atoms with van der Waals surface area (Å²) in [6.07, 6.45) is 1.99. The fourth-order valence-corrected chi connectivity index (χ4v) is 2.46. The molecule has 0 unspecified atom stereocenters. The largest absolute Gasteiger partial charge is 0.493 e. The molecule has 0 atom stereocenters. The lowest BCUT2D eigenvalue weighted by molar-refractivity contribution is 0.437. The molecule has 0 spiro atoms. The Morgan fingerprint density at radius 3 is 2.59 bits per heavy atom. The van der Waals surface area contributed by atoms with Gasteiger partial charge in [0.15, 0.2) is 4.77 Å². The van der Waals surface area contributed by atoms with Crippen molar-refractivity contribution in [1.82, 2.24) is 9.55 Å². The van der Waals surface area contributed by atoms with Crippen LogP contribution in [-0.2, 0) is 5.75 Å². The second kappa shape index (κ2) is 4.98. The Morgan fingerprint density at radius 2 is 2.00 bits per heavy atom. The van der Waals surface area contributed by atoms with Crippen LogP contribution in [0.2, 0.25) is 0 Å². The lowest BCUT2D eigenvalue weighted by atomic mass is 10.2. The first-order valence-electron chi connectivity index (χ1n) is 5.22.